The second-order valence-electron chi connectivity index (χ2n) is 3.63. The molecule has 1 fully saturated rings. The lowest BCUT2D eigenvalue weighted by Gasteiger charge is -2.25. The lowest BCUT2D eigenvalue weighted by molar-refractivity contribution is 0.318. The molecule has 1 saturated carbocycles. The van der Waals surface area contributed by atoms with Crippen molar-refractivity contribution >= 4 is 9.84 Å². The zero-order valence-electron chi connectivity index (χ0n) is 7.65. The average Bonchev–Trinajstić information content (AvgIpc) is 2.05. The van der Waals surface area contributed by atoms with Crippen LogP contribution in [0.15, 0.2) is 0 Å². The number of hydrogen-bond donors (Lipinski definition) is 2. The predicted octanol–water partition coefficient (Wildman–Crippen LogP) is -0.337. The van der Waals surface area contributed by atoms with Crippen molar-refractivity contribution in [1.29, 1.82) is 0 Å². The van der Waals surface area contributed by atoms with Crippen LogP contribution < -0.4 is 5.73 Å². The van der Waals surface area contributed by atoms with Crippen LogP contribution in [0.3, 0.4) is 0 Å². The summed E-state index contributed by atoms with van der Waals surface area (Å²) in [6.45, 7) is -0.273. The lowest BCUT2D eigenvalue weighted by atomic mass is 9.96. The zero-order valence-corrected chi connectivity index (χ0v) is 8.46. The molecule has 0 aromatic rings. The van der Waals surface area contributed by atoms with Crippen LogP contribution in [0.5, 0.6) is 0 Å². The molecule has 0 spiro atoms. The van der Waals surface area contributed by atoms with Gasteiger partial charge in [-0.3, -0.25) is 0 Å². The second kappa shape index (κ2) is 4.39. The Balaban J connectivity index is 2.53. The normalized spacial score (nSPS) is 30.3. The zero-order chi connectivity index (χ0) is 9.90. The Bertz CT molecular complexity index is 242. The number of aliphatic hydroxyl groups is 1. The number of sulfone groups is 1. The van der Waals surface area contributed by atoms with Crippen LogP contribution in [-0.4, -0.2) is 37.2 Å². The van der Waals surface area contributed by atoms with Gasteiger partial charge in [0.2, 0.25) is 0 Å². The molecule has 0 radical (unpaired) electrons. The Morgan fingerprint density at radius 3 is 2.23 bits per heavy atom. The fourth-order valence-electron chi connectivity index (χ4n) is 1.74. The maximum atomic E-state index is 11.5. The first-order chi connectivity index (χ1) is 6.06. The summed E-state index contributed by atoms with van der Waals surface area (Å²) in [5.74, 6) is -0.104. The van der Waals surface area contributed by atoms with Crippen molar-refractivity contribution in [3.63, 3.8) is 0 Å². The summed E-state index contributed by atoms with van der Waals surface area (Å²) >= 11 is 0. The monoisotopic (exact) mass is 207 g/mol. The van der Waals surface area contributed by atoms with E-state index in [1.54, 1.807) is 0 Å². The number of nitrogens with two attached hydrogens (primary N) is 1. The highest BCUT2D eigenvalue weighted by Crippen LogP contribution is 2.23. The molecule has 0 aromatic heterocycles. The summed E-state index contributed by atoms with van der Waals surface area (Å²) in [5.41, 5.74) is 5.67. The molecule has 78 valence electrons. The van der Waals surface area contributed by atoms with Crippen LogP contribution in [0.25, 0.3) is 0 Å². The molecule has 0 aliphatic heterocycles. The van der Waals surface area contributed by atoms with Gasteiger partial charge in [0.15, 0.2) is 9.84 Å². The van der Waals surface area contributed by atoms with E-state index in [0.29, 0.717) is 12.8 Å². The van der Waals surface area contributed by atoms with Gasteiger partial charge in [-0.25, -0.2) is 8.42 Å². The third kappa shape index (κ3) is 2.93. The molecule has 0 atom stereocenters. The first-order valence-corrected chi connectivity index (χ1v) is 6.36. The van der Waals surface area contributed by atoms with Gasteiger partial charge in [-0.2, -0.15) is 0 Å². The molecule has 3 N–H and O–H groups in total. The van der Waals surface area contributed by atoms with Gasteiger partial charge in [0.25, 0.3) is 0 Å². The highest BCUT2D eigenvalue weighted by atomic mass is 32.2. The lowest BCUT2D eigenvalue weighted by Crippen LogP contribution is -2.34. The van der Waals surface area contributed by atoms with E-state index in [0.717, 1.165) is 12.8 Å². The summed E-state index contributed by atoms with van der Waals surface area (Å²) in [5, 5.41) is 8.32. The third-order valence-corrected chi connectivity index (χ3v) is 4.84. The van der Waals surface area contributed by atoms with E-state index < -0.39 is 9.84 Å². The van der Waals surface area contributed by atoms with Crippen LogP contribution in [0.1, 0.15) is 25.7 Å². The molecule has 4 nitrogen and oxygen atoms in total. The van der Waals surface area contributed by atoms with Crippen molar-refractivity contribution in [2.45, 2.75) is 37.0 Å². The van der Waals surface area contributed by atoms with E-state index in [9.17, 15) is 8.42 Å². The largest absolute Gasteiger partial charge is 0.395 e. The van der Waals surface area contributed by atoms with E-state index in [1.165, 1.54) is 0 Å². The SMILES string of the molecule is NC1CCC(S(=O)(=O)CCO)CC1. The van der Waals surface area contributed by atoms with E-state index in [-0.39, 0.29) is 23.7 Å². The topological polar surface area (TPSA) is 80.4 Å². The summed E-state index contributed by atoms with van der Waals surface area (Å²) in [6.07, 6.45) is 2.89. The molecule has 1 aliphatic rings. The molecule has 0 unspecified atom stereocenters. The van der Waals surface area contributed by atoms with Gasteiger partial charge in [0, 0.05) is 6.04 Å². The molecular weight excluding hydrogens is 190 g/mol. The maximum Gasteiger partial charge on any atom is 0.155 e. The Kier molecular flexibility index (Phi) is 3.70. The van der Waals surface area contributed by atoms with Gasteiger partial charge < -0.3 is 10.8 Å². The van der Waals surface area contributed by atoms with E-state index in [2.05, 4.69) is 0 Å². The molecule has 0 saturated heterocycles. The Morgan fingerprint density at radius 1 is 1.23 bits per heavy atom. The van der Waals surface area contributed by atoms with Crippen molar-refractivity contribution in [2.24, 2.45) is 5.73 Å². The minimum absolute atomic E-state index is 0.104. The van der Waals surface area contributed by atoms with E-state index in [1.807, 2.05) is 0 Å². The van der Waals surface area contributed by atoms with Gasteiger partial charge in [-0.15, -0.1) is 0 Å². The summed E-state index contributed by atoms with van der Waals surface area (Å²) in [6, 6.07) is 0.167. The van der Waals surface area contributed by atoms with Crippen molar-refractivity contribution in [3.05, 3.63) is 0 Å². The molecular formula is C8H17NO3S. The molecule has 0 bridgehead atoms. The first-order valence-electron chi connectivity index (χ1n) is 4.64. The second-order valence-corrected chi connectivity index (χ2v) is 6.03. The van der Waals surface area contributed by atoms with E-state index in [4.69, 9.17) is 10.8 Å². The first kappa shape index (κ1) is 10.9. The molecule has 1 aliphatic carbocycles. The van der Waals surface area contributed by atoms with Crippen LogP contribution in [-0.2, 0) is 9.84 Å². The van der Waals surface area contributed by atoms with Gasteiger partial charge in [-0.05, 0) is 25.7 Å². The van der Waals surface area contributed by atoms with Crippen LogP contribution in [0, 0.1) is 0 Å². The van der Waals surface area contributed by atoms with Crippen LogP contribution >= 0.6 is 0 Å². The Morgan fingerprint density at radius 2 is 1.77 bits per heavy atom. The van der Waals surface area contributed by atoms with E-state index >= 15 is 0 Å². The molecule has 0 aromatic carbocycles. The molecule has 13 heavy (non-hydrogen) atoms. The highest BCUT2D eigenvalue weighted by molar-refractivity contribution is 7.92. The number of aliphatic hydroxyl groups excluding tert-OH is 1. The van der Waals surface area contributed by atoms with Gasteiger partial charge >= 0.3 is 0 Å². The number of rotatable bonds is 3. The minimum atomic E-state index is -3.06. The van der Waals surface area contributed by atoms with Crippen molar-refractivity contribution in [1.82, 2.24) is 0 Å². The predicted molar refractivity (Wildman–Crippen MR) is 51.1 cm³/mol. The number of hydrogen-bond acceptors (Lipinski definition) is 4. The van der Waals surface area contributed by atoms with Gasteiger partial charge in [0.05, 0.1) is 17.6 Å². The highest BCUT2D eigenvalue weighted by Gasteiger charge is 2.28. The summed E-state index contributed by atoms with van der Waals surface area (Å²) in [4.78, 5) is 0. The van der Waals surface area contributed by atoms with Crippen LogP contribution in [0.4, 0.5) is 0 Å². The molecule has 0 heterocycles. The van der Waals surface area contributed by atoms with Crippen molar-refractivity contribution in [3.8, 4) is 0 Å². The third-order valence-electron chi connectivity index (χ3n) is 2.60. The van der Waals surface area contributed by atoms with Gasteiger partial charge in [-0.1, -0.05) is 0 Å². The van der Waals surface area contributed by atoms with Gasteiger partial charge in [0.1, 0.15) is 0 Å². The van der Waals surface area contributed by atoms with Crippen molar-refractivity contribution < 1.29 is 13.5 Å². The average molecular weight is 207 g/mol. The quantitative estimate of drug-likeness (QED) is 0.663. The van der Waals surface area contributed by atoms with Crippen molar-refractivity contribution in [2.75, 3.05) is 12.4 Å². The van der Waals surface area contributed by atoms with Crippen LogP contribution in [0.2, 0.25) is 0 Å². The molecule has 1 rings (SSSR count). The Hall–Kier alpha value is -0.130. The minimum Gasteiger partial charge on any atom is -0.395 e. The summed E-state index contributed by atoms with van der Waals surface area (Å²) < 4.78 is 23.0. The maximum absolute atomic E-state index is 11.5. The smallest absolute Gasteiger partial charge is 0.155 e. The fraction of sp³-hybridized carbons (Fsp3) is 1.00. The summed E-state index contributed by atoms with van der Waals surface area (Å²) in [7, 11) is -3.06. The molecule has 5 heteroatoms. The standard InChI is InChI=1S/C8H17NO3S/c9-7-1-3-8(4-2-7)13(11,12)6-5-10/h7-8,10H,1-6,9H2. The Labute approximate surface area is 79.0 Å². The fourth-order valence-corrected chi connectivity index (χ4v) is 3.32. The molecule has 0 amide bonds.